The van der Waals surface area contributed by atoms with Crippen molar-refractivity contribution in [2.24, 2.45) is 5.92 Å². The minimum Gasteiger partial charge on any atom is -0.312 e. The SMILES string of the molecule is CCCNC1CCCCCCC1N1CCCC(C)CC1. The number of nitrogens with zero attached hydrogens (tertiary/aromatic N) is 1. The van der Waals surface area contributed by atoms with Crippen molar-refractivity contribution >= 4 is 0 Å². The number of hydrogen-bond donors (Lipinski definition) is 1. The quantitative estimate of drug-likeness (QED) is 0.830. The lowest BCUT2D eigenvalue weighted by Gasteiger charge is -2.38. The summed E-state index contributed by atoms with van der Waals surface area (Å²) < 4.78 is 0. The molecule has 0 bridgehead atoms. The highest BCUT2D eigenvalue weighted by Gasteiger charge is 2.28. The van der Waals surface area contributed by atoms with Crippen LogP contribution >= 0.6 is 0 Å². The van der Waals surface area contributed by atoms with Crippen LogP contribution in [0.15, 0.2) is 0 Å². The zero-order valence-electron chi connectivity index (χ0n) is 13.9. The molecule has 1 saturated carbocycles. The molecule has 1 aliphatic carbocycles. The predicted molar refractivity (Wildman–Crippen MR) is 88.2 cm³/mol. The summed E-state index contributed by atoms with van der Waals surface area (Å²) in [5.41, 5.74) is 0. The smallest absolute Gasteiger partial charge is 0.0249 e. The third kappa shape index (κ3) is 5.04. The van der Waals surface area contributed by atoms with Gasteiger partial charge in [0.15, 0.2) is 0 Å². The van der Waals surface area contributed by atoms with Gasteiger partial charge < -0.3 is 5.32 Å². The van der Waals surface area contributed by atoms with Crippen LogP contribution < -0.4 is 5.32 Å². The van der Waals surface area contributed by atoms with Gasteiger partial charge >= 0.3 is 0 Å². The molecular formula is C18H36N2. The highest BCUT2D eigenvalue weighted by Crippen LogP contribution is 2.26. The second kappa shape index (κ2) is 9.04. The first kappa shape index (κ1) is 16.3. The summed E-state index contributed by atoms with van der Waals surface area (Å²) in [4.78, 5) is 2.85. The Morgan fingerprint density at radius 2 is 1.70 bits per heavy atom. The second-order valence-electron chi connectivity index (χ2n) is 7.19. The van der Waals surface area contributed by atoms with Crippen molar-refractivity contribution in [1.29, 1.82) is 0 Å². The molecule has 0 amide bonds. The lowest BCUT2D eigenvalue weighted by Crippen LogP contribution is -2.51. The molecule has 1 heterocycles. The largest absolute Gasteiger partial charge is 0.312 e. The summed E-state index contributed by atoms with van der Waals surface area (Å²) in [5.74, 6) is 0.940. The summed E-state index contributed by atoms with van der Waals surface area (Å²) in [6.45, 7) is 8.62. The Morgan fingerprint density at radius 1 is 0.900 bits per heavy atom. The van der Waals surface area contributed by atoms with Gasteiger partial charge in [0.25, 0.3) is 0 Å². The lowest BCUT2D eigenvalue weighted by molar-refractivity contribution is 0.136. The minimum atomic E-state index is 0.753. The van der Waals surface area contributed by atoms with Gasteiger partial charge in [-0.1, -0.05) is 39.5 Å². The first-order valence-corrected chi connectivity index (χ1v) is 9.28. The molecule has 0 aromatic carbocycles. The monoisotopic (exact) mass is 280 g/mol. The van der Waals surface area contributed by atoms with E-state index >= 15 is 0 Å². The van der Waals surface area contributed by atoms with Gasteiger partial charge in [-0.25, -0.2) is 0 Å². The number of hydrogen-bond acceptors (Lipinski definition) is 2. The average Bonchev–Trinajstić information content (AvgIpc) is 2.63. The van der Waals surface area contributed by atoms with E-state index < -0.39 is 0 Å². The highest BCUT2D eigenvalue weighted by atomic mass is 15.2. The molecule has 0 radical (unpaired) electrons. The number of rotatable bonds is 4. The Hall–Kier alpha value is -0.0800. The van der Waals surface area contributed by atoms with E-state index in [9.17, 15) is 0 Å². The summed E-state index contributed by atoms with van der Waals surface area (Å²) in [7, 11) is 0. The topological polar surface area (TPSA) is 15.3 Å². The normalized spacial score (nSPS) is 34.2. The highest BCUT2D eigenvalue weighted by molar-refractivity contribution is 4.87. The molecule has 0 aromatic heterocycles. The fourth-order valence-electron chi connectivity index (χ4n) is 4.09. The molecule has 118 valence electrons. The third-order valence-corrected chi connectivity index (χ3v) is 5.41. The van der Waals surface area contributed by atoms with E-state index in [-0.39, 0.29) is 0 Å². The van der Waals surface area contributed by atoms with Gasteiger partial charge in [-0.2, -0.15) is 0 Å². The molecule has 1 aliphatic heterocycles. The first-order valence-electron chi connectivity index (χ1n) is 9.28. The van der Waals surface area contributed by atoms with Gasteiger partial charge in [-0.15, -0.1) is 0 Å². The van der Waals surface area contributed by atoms with Gasteiger partial charge in [0.05, 0.1) is 0 Å². The molecule has 0 spiro atoms. The second-order valence-corrected chi connectivity index (χ2v) is 7.19. The maximum Gasteiger partial charge on any atom is 0.0249 e. The van der Waals surface area contributed by atoms with Crippen LogP contribution in [0.1, 0.15) is 78.1 Å². The molecule has 2 fully saturated rings. The Kier molecular flexibility index (Phi) is 7.37. The van der Waals surface area contributed by atoms with E-state index in [2.05, 4.69) is 24.1 Å². The van der Waals surface area contributed by atoms with Crippen molar-refractivity contribution in [2.45, 2.75) is 90.1 Å². The molecule has 3 atom stereocenters. The van der Waals surface area contributed by atoms with Crippen LogP contribution in [0.4, 0.5) is 0 Å². The molecule has 2 rings (SSSR count). The van der Waals surface area contributed by atoms with E-state index in [0.29, 0.717) is 0 Å². The van der Waals surface area contributed by atoms with Crippen LogP contribution in [0.2, 0.25) is 0 Å². The van der Waals surface area contributed by atoms with Crippen LogP contribution in [-0.2, 0) is 0 Å². The summed E-state index contributed by atoms with van der Waals surface area (Å²) in [5, 5.41) is 3.88. The molecule has 0 aromatic rings. The fraction of sp³-hybridized carbons (Fsp3) is 1.00. The summed E-state index contributed by atoms with van der Waals surface area (Å²) in [6.07, 6.45) is 14.1. The third-order valence-electron chi connectivity index (χ3n) is 5.41. The van der Waals surface area contributed by atoms with Crippen LogP contribution in [0.25, 0.3) is 0 Å². The predicted octanol–water partition coefficient (Wildman–Crippen LogP) is 4.20. The standard InChI is InChI=1S/C18H36N2/c1-3-13-19-17-10-6-4-5-7-11-18(17)20-14-8-9-16(2)12-15-20/h16-19H,3-15H2,1-2H3. The Morgan fingerprint density at radius 3 is 2.50 bits per heavy atom. The maximum absolute atomic E-state index is 3.88. The van der Waals surface area contributed by atoms with E-state index in [4.69, 9.17) is 0 Å². The Balaban J connectivity index is 1.97. The van der Waals surface area contributed by atoms with Crippen molar-refractivity contribution < 1.29 is 0 Å². The van der Waals surface area contributed by atoms with Crippen molar-refractivity contribution in [3.05, 3.63) is 0 Å². The van der Waals surface area contributed by atoms with Crippen molar-refractivity contribution in [3.63, 3.8) is 0 Å². The van der Waals surface area contributed by atoms with Crippen LogP contribution in [0.3, 0.4) is 0 Å². The van der Waals surface area contributed by atoms with Gasteiger partial charge in [-0.05, 0) is 64.1 Å². The van der Waals surface area contributed by atoms with Crippen molar-refractivity contribution in [2.75, 3.05) is 19.6 Å². The van der Waals surface area contributed by atoms with E-state index in [1.165, 1.54) is 83.8 Å². The first-order chi connectivity index (χ1) is 9.81. The molecule has 20 heavy (non-hydrogen) atoms. The zero-order valence-corrected chi connectivity index (χ0v) is 13.9. The molecule has 2 heteroatoms. The minimum absolute atomic E-state index is 0.753. The van der Waals surface area contributed by atoms with Gasteiger partial charge in [0, 0.05) is 12.1 Å². The van der Waals surface area contributed by atoms with Crippen LogP contribution in [0, 0.1) is 5.92 Å². The number of likely N-dealkylation sites (tertiary alicyclic amines) is 1. The van der Waals surface area contributed by atoms with Crippen LogP contribution in [0.5, 0.6) is 0 Å². The Bertz CT molecular complexity index is 247. The maximum atomic E-state index is 3.88. The molecule has 1 saturated heterocycles. The van der Waals surface area contributed by atoms with Crippen LogP contribution in [-0.4, -0.2) is 36.6 Å². The molecular weight excluding hydrogens is 244 g/mol. The van der Waals surface area contributed by atoms with Gasteiger partial charge in [-0.3, -0.25) is 4.90 Å². The van der Waals surface area contributed by atoms with E-state index in [1.807, 2.05) is 0 Å². The van der Waals surface area contributed by atoms with E-state index in [0.717, 1.165) is 18.0 Å². The van der Waals surface area contributed by atoms with Crippen molar-refractivity contribution in [1.82, 2.24) is 10.2 Å². The number of nitrogens with one attached hydrogen (secondary N) is 1. The zero-order chi connectivity index (χ0) is 14.2. The summed E-state index contributed by atoms with van der Waals surface area (Å²) in [6, 6.07) is 1.57. The summed E-state index contributed by atoms with van der Waals surface area (Å²) >= 11 is 0. The van der Waals surface area contributed by atoms with Crippen molar-refractivity contribution in [3.8, 4) is 0 Å². The van der Waals surface area contributed by atoms with Gasteiger partial charge in [0.1, 0.15) is 0 Å². The average molecular weight is 280 g/mol. The van der Waals surface area contributed by atoms with Gasteiger partial charge in [0.2, 0.25) is 0 Å². The lowest BCUT2D eigenvalue weighted by atomic mass is 9.90. The fourth-order valence-corrected chi connectivity index (χ4v) is 4.09. The molecule has 2 aliphatic rings. The Labute approximate surface area is 126 Å². The van der Waals surface area contributed by atoms with E-state index in [1.54, 1.807) is 0 Å². The molecule has 2 nitrogen and oxygen atoms in total. The molecule has 1 N–H and O–H groups in total. The molecule has 3 unspecified atom stereocenters.